The largest absolute Gasteiger partial charge is 0.489 e. The first-order chi connectivity index (χ1) is 15.8. The zero-order chi connectivity index (χ0) is 23.4. The van der Waals surface area contributed by atoms with Crippen LogP contribution < -0.4 is 9.64 Å². The number of piperazine rings is 1. The molecule has 0 aliphatic carbocycles. The first-order valence-corrected chi connectivity index (χ1v) is 10.9. The quantitative estimate of drug-likeness (QED) is 0.461. The highest BCUT2D eigenvalue weighted by Gasteiger charge is 2.31. The van der Waals surface area contributed by atoms with E-state index < -0.39 is 11.7 Å². The summed E-state index contributed by atoms with van der Waals surface area (Å²) in [4.78, 5) is 16.4. The van der Waals surface area contributed by atoms with Crippen molar-refractivity contribution in [2.75, 3.05) is 31.1 Å². The van der Waals surface area contributed by atoms with E-state index in [1.807, 2.05) is 23.1 Å². The monoisotopic (exact) mass is 474 g/mol. The fourth-order valence-electron chi connectivity index (χ4n) is 3.70. The Morgan fingerprint density at radius 1 is 0.909 bits per heavy atom. The van der Waals surface area contributed by atoms with Gasteiger partial charge in [-0.25, -0.2) is 0 Å². The molecular formula is C25H22ClF3N2O2. The topological polar surface area (TPSA) is 32.8 Å². The predicted octanol–water partition coefficient (Wildman–Crippen LogP) is 5.90. The maximum Gasteiger partial charge on any atom is 0.416 e. The summed E-state index contributed by atoms with van der Waals surface area (Å²) in [6.07, 6.45) is -4.38. The summed E-state index contributed by atoms with van der Waals surface area (Å²) < 4.78 is 44.7. The molecule has 0 radical (unpaired) electrons. The Hall–Kier alpha value is -3.19. The summed E-state index contributed by atoms with van der Waals surface area (Å²) in [5, 5.41) is 0.633. The number of carbonyl (C=O) groups is 1. The zero-order valence-electron chi connectivity index (χ0n) is 17.7. The summed E-state index contributed by atoms with van der Waals surface area (Å²) in [6, 6.07) is 19.6. The van der Waals surface area contributed by atoms with Crippen molar-refractivity contribution in [1.82, 2.24) is 4.90 Å². The van der Waals surface area contributed by atoms with Crippen molar-refractivity contribution in [3.8, 4) is 5.75 Å². The van der Waals surface area contributed by atoms with Gasteiger partial charge in [0.15, 0.2) is 0 Å². The molecule has 1 amide bonds. The van der Waals surface area contributed by atoms with Gasteiger partial charge in [-0.1, -0.05) is 35.9 Å². The lowest BCUT2D eigenvalue weighted by Gasteiger charge is -2.36. The maximum atomic E-state index is 13.0. The number of anilines is 1. The molecule has 0 atom stereocenters. The number of carbonyl (C=O) groups excluding carboxylic acids is 1. The van der Waals surface area contributed by atoms with Crippen LogP contribution in [0.2, 0.25) is 5.02 Å². The van der Waals surface area contributed by atoms with Gasteiger partial charge < -0.3 is 14.5 Å². The van der Waals surface area contributed by atoms with Crippen LogP contribution in [0.25, 0.3) is 0 Å². The van der Waals surface area contributed by atoms with Crippen molar-refractivity contribution in [2.45, 2.75) is 12.8 Å². The number of amides is 1. The minimum absolute atomic E-state index is 0.114. The molecule has 0 saturated carbocycles. The van der Waals surface area contributed by atoms with E-state index in [9.17, 15) is 18.0 Å². The van der Waals surface area contributed by atoms with Crippen LogP contribution >= 0.6 is 11.6 Å². The smallest absolute Gasteiger partial charge is 0.416 e. The highest BCUT2D eigenvalue weighted by Crippen LogP contribution is 2.32. The number of ether oxygens (including phenoxy) is 1. The maximum absolute atomic E-state index is 13.0. The number of halogens is 4. The molecule has 0 bridgehead atoms. The lowest BCUT2D eigenvalue weighted by molar-refractivity contribution is -0.137. The molecule has 1 fully saturated rings. The Bertz CT molecular complexity index is 1110. The molecule has 1 aliphatic rings. The molecule has 1 saturated heterocycles. The van der Waals surface area contributed by atoms with E-state index in [0.717, 1.165) is 17.7 Å². The molecule has 4 rings (SSSR count). The third-order valence-electron chi connectivity index (χ3n) is 5.56. The van der Waals surface area contributed by atoms with Gasteiger partial charge in [-0.05, 0) is 48.5 Å². The molecule has 1 heterocycles. The van der Waals surface area contributed by atoms with Gasteiger partial charge in [0.25, 0.3) is 5.91 Å². The number of hydrogen-bond acceptors (Lipinski definition) is 3. The fourth-order valence-corrected chi connectivity index (χ4v) is 3.89. The van der Waals surface area contributed by atoms with E-state index in [0.29, 0.717) is 54.8 Å². The molecule has 0 spiro atoms. The Kier molecular flexibility index (Phi) is 6.79. The van der Waals surface area contributed by atoms with E-state index in [1.54, 1.807) is 41.3 Å². The molecule has 0 N–H and O–H groups in total. The first-order valence-electron chi connectivity index (χ1n) is 10.5. The van der Waals surface area contributed by atoms with Gasteiger partial charge in [0.1, 0.15) is 12.4 Å². The standard InChI is InChI=1S/C25H22ClF3N2O2/c26-23-7-2-1-4-19(23)17-33-22-10-8-18(9-11-22)24(32)31-14-12-30(13-15-31)21-6-3-5-20(16-21)25(27,28)29/h1-11,16H,12-15,17H2. The van der Waals surface area contributed by atoms with Gasteiger partial charge in [0, 0.05) is 48.0 Å². The average molecular weight is 475 g/mol. The molecule has 1 aliphatic heterocycles. The Morgan fingerprint density at radius 2 is 1.61 bits per heavy atom. The summed E-state index contributed by atoms with van der Waals surface area (Å²) >= 11 is 6.14. The second-order valence-electron chi connectivity index (χ2n) is 7.73. The molecule has 4 nitrogen and oxygen atoms in total. The van der Waals surface area contributed by atoms with Crippen molar-refractivity contribution >= 4 is 23.2 Å². The fraction of sp³-hybridized carbons (Fsp3) is 0.240. The number of benzene rings is 3. The first kappa shape index (κ1) is 23.0. The minimum atomic E-state index is -4.38. The van der Waals surface area contributed by atoms with E-state index in [2.05, 4.69) is 0 Å². The summed E-state index contributed by atoms with van der Waals surface area (Å²) in [7, 11) is 0. The molecular weight excluding hydrogens is 453 g/mol. The van der Waals surface area contributed by atoms with Crippen LogP contribution in [0.15, 0.2) is 72.8 Å². The van der Waals surface area contributed by atoms with Crippen LogP contribution in [-0.2, 0) is 12.8 Å². The highest BCUT2D eigenvalue weighted by atomic mass is 35.5. The van der Waals surface area contributed by atoms with Crippen LogP contribution in [0.5, 0.6) is 5.75 Å². The Labute approximate surface area is 195 Å². The summed E-state index contributed by atoms with van der Waals surface area (Å²) in [5.41, 5.74) is 1.25. The summed E-state index contributed by atoms with van der Waals surface area (Å²) in [6.45, 7) is 2.11. The van der Waals surface area contributed by atoms with E-state index in [-0.39, 0.29) is 5.91 Å². The van der Waals surface area contributed by atoms with Crippen molar-refractivity contribution < 1.29 is 22.7 Å². The molecule has 3 aromatic carbocycles. The number of hydrogen-bond donors (Lipinski definition) is 0. The molecule has 172 valence electrons. The second-order valence-corrected chi connectivity index (χ2v) is 8.14. The highest BCUT2D eigenvalue weighted by molar-refractivity contribution is 6.31. The van der Waals surface area contributed by atoms with E-state index in [4.69, 9.17) is 16.3 Å². The number of alkyl halides is 3. The lowest BCUT2D eigenvalue weighted by Crippen LogP contribution is -2.48. The van der Waals surface area contributed by atoms with Gasteiger partial charge in [-0.3, -0.25) is 4.79 Å². The van der Waals surface area contributed by atoms with Crippen molar-refractivity contribution in [3.05, 3.63) is 94.5 Å². The molecule has 8 heteroatoms. The Morgan fingerprint density at radius 3 is 2.27 bits per heavy atom. The lowest BCUT2D eigenvalue weighted by atomic mass is 10.1. The predicted molar refractivity (Wildman–Crippen MR) is 122 cm³/mol. The van der Waals surface area contributed by atoms with Crippen molar-refractivity contribution in [3.63, 3.8) is 0 Å². The van der Waals surface area contributed by atoms with Crippen LogP contribution in [0, 0.1) is 0 Å². The third kappa shape index (κ3) is 5.60. The summed E-state index contributed by atoms with van der Waals surface area (Å²) in [5.74, 6) is 0.511. The second kappa shape index (κ2) is 9.75. The zero-order valence-corrected chi connectivity index (χ0v) is 18.4. The molecule has 33 heavy (non-hydrogen) atoms. The van der Waals surface area contributed by atoms with Gasteiger partial charge >= 0.3 is 6.18 Å². The normalized spacial score (nSPS) is 14.3. The van der Waals surface area contributed by atoms with Gasteiger partial charge in [0.05, 0.1) is 5.56 Å². The van der Waals surface area contributed by atoms with Crippen molar-refractivity contribution in [2.24, 2.45) is 0 Å². The van der Waals surface area contributed by atoms with Crippen LogP contribution in [0.3, 0.4) is 0 Å². The van der Waals surface area contributed by atoms with Crippen LogP contribution in [0.1, 0.15) is 21.5 Å². The van der Waals surface area contributed by atoms with Crippen LogP contribution in [-0.4, -0.2) is 37.0 Å². The number of nitrogens with zero attached hydrogens (tertiary/aromatic N) is 2. The van der Waals surface area contributed by atoms with Gasteiger partial charge in [0.2, 0.25) is 0 Å². The van der Waals surface area contributed by atoms with Crippen LogP contribution in [0.4, 0.5) is 18.9 Å². The van der Waals surface area contributed by atoms with E-state index >= 15 is 0 Å². The SMILES string of the molecule is O=C(c1ccc(OCc2ccccc2Cl)cc1)N1CCN(c2cccc(C(F)(F)F)c2)CC1. The molecule has 0 aromatic heterocycles. The molecule has 0 unspecified atom stereocenters. The van der Waals surface area contributed by atoms with Gasteiger partial charge in [-0.2, -0.15) is 13.2 Å². The number of rotatable bonds is 5. The van der Waals surface area contributed by atoms with Gasteiger partial charge in [-0.15, -0.1) is 0 Å². The minimum Gasteiger partial charge on any atom is -0.489 e. The third-order valence-corrected chi connectivity index (χ3v) is 5.93. The molecule has 3 aromatic rings. The average Bonchev–Trinajstić information content (AvgIpc) is 2.83. The van der Waals surface area contributed by atoms with E-state index in [1.165, 1.54) is 6.07 Å². The Balaban J connectivity index is 1.33. The van der Waals surface area contributed by atoms with Crippen molar-refractivity contribution in [1.29, 1.82) is 0 Å².